The second-order valence-electron chi connectivity index (χ2n) is 7.74. The number of fused-ring (bicyclic) bond motifs is 1. The van der Waals surface area contributed by atoms with Crippen molar-refractivity contribution in [1.82, 2.24) is 14.8 Å². The van der Waals surface area contributed by atoms with Crippen LogP contribution in [0.4, 0.5) is 18.9 Å². The number of nitrogens with one attached hydrogen (secondary N) is 1. The van der Waals surface area contributed by atoms with Gasteiger partial charge in [-0.15, -0.1) is 0 Å². The molecule has 0 radical (unpaired) electrons. The molecule has 0 spiro atoms. The molecule has 1 aliphatic carbocycles. The molecule has 32 heavy (non-hydrogen) atoms. The van der Waals surface area contributed by atoms with E-state index in [-0.39, 0.29) is 23.2 Å². The third kappa shape index (κ3) is 4.32. The molecule has 1 N–H and O–H groups in total. The number of halogens is 3. The number of nitrogens with zero attached hydrogens (tertiary/aromatic N) is 4. The Hall–Kier alpha value is -3.74. The Morgan fingerprint density at radius 3 is 2.62 bits per heavy atom. The van der Waals surface area contributed by atoms with E-state index in [1.807, 2.05) is 10.8 Å². The van der Waals surface area contributed by atoms with Gasteiger partial charge in [-0.25, -0.2) is 4.98 Å². The smallest absolute Gasteiger partial charge is 0.319 e. The van der Waals surface area contributed by atoms with Crippen LogP contribution in [0, 0.1) is 17.2 Å². The normalized spacial score (nSPS) is 18.8. The number of amides is 1. The van der Waals surface area contributed by atoms with Crippen LogP contribution in [0.2, 0.25) is 0 Å². The topological polar surface area (TPSA) is 101 Å². The molecule has 0 saturated heterocycles. The lowest BCUT2D eigenvalue weighted by Gasteiger charge is -2.25. The molecule has 164 valence electrons. The highest BCUT2D eigenvalue weighted by Gasteiger charge is 2.33. The van der Waals surface area contributed by atoms with Crippen LogP contribution in [0.1, 0.15) is 53.5 Å². The average molecular weight is 441 g/mol. The molecular weight excluding hydrogens is 423 g/mol. The van der Waals surface area contributed by atoms with Gasteiger partial charge in [-0.2, -0.15) is 23.5 Å². The van der Waals surface area contributed by atoms with Gasteiger partial charge in [-0.05, 0) is 49.9 Å². The number of nitriles is 1. The Bertz CT molecular complexity index is 1220. The molecule has 0 atom stereocenters. The van der Waals surface area contributed by atoms with Crippen LogP contribution in [0.3, 0.4) is 0 Å². The van der Waals surface area contributed by atoms with E-state index in [9.17, 15) is 28.0 Å². The van der Waals surface area contributed by atoms with Gasteiger partial charge >= 0.3 is 6.18 Å². The van der Waals surface area contributed by atoms with Crippen LogP contribution in [0.5, 0.6) is 0 Å². The Kier molecular flexibility index (Phi) is 5.65. The number of alkyl halides is 3. The molecule has 0 aliphatic heterocycles. The maximum Gasteiger partial charge on any atom is 0.433 e. The summed E-state index contributed by atoms with van der Waals surface area (Å²) in [5.74, 6) is -0.779. The first kappa shape index (κ1) is 21.5. The molecule has 2 heterocycles. The molecule has 3 aromatic rings. The number of pyridine rings is 1. The Morgan fingerprint density at radius 2 is 1.97 bits per heavy atom. The number of rotatable bonds is 4. The molecule has 1 saturated carbocycles. The molecule has 2 aromatic heterocycles. The zero-order valence-corrected chi connectivity index (χ0v) is 16.8. The van der Waals surface area contributed by atoms with Crippen molar-refractivity contribution in [2.45, 2.75) is 37.9 Å². The van der Waals surface area contributed by atoms with Gasteiger partial charge in [0.05, 0.1) is 22.8 Å². The van der Waals surface area contributed by atoms with Crippen LogP contribution in [0.15, 0.2) is 36.5 Å². The van der Waals surface area contributed by atoms with Crippen molar-refractivity contribution in [1.29, 1.82) is 5.26 Å². The predicted molar refractivity (Wildman–Crippen MR) is 109 cm³/mol. The van der Waals surface area contributed by atoms with Crippen LogP contribution < -0.4 is 5.32 Å². The van der Waals surface area contributed by atoms with Gasteiger partial charge in [-0.1, -0.05) is 6.07 Å². The minimum absolute atomic E-state index is 0.0766. The average Bonchev–Trinajstić information content (AvgIpc) is 3.21. The molecule has 1 aliphatic rings. The standard InChI is InChI=1S/C22H18F3N5O2/c23-22(24,25)20-3-1-2-17(27-20)21(32)28-18-9-15-11-30(29-19(15)8-14(18)10-26)16-6-4-13(12-31)5-7-16/h1-3,8-9,11-13,16H,4-7H2,(H,28,32)/t13-,16-. The van der Waals surface area contributed by atoms with Gasteiger partial charge in [0.15, 0.2) is 0 Å². The van der Waals surface area contributed by atoms with E-state index in [2.05, 4.69) is 15.4 Å². The van der Waals surface area contributed by atoms with Crippen LogP contribution in [-0.2, 0) is 11.0 Å². The molecule has 1 amide bonds. The maximum absolute atomic E-state index is 12.9. The summed E-state index contributed by atoms with van der Waals surface area (Å²) in [5, 5.41) is 17.2. The van der Waals surface area contributed by atoms with Gasteiger partial charge in [0.25, 0.3) is 5.91 Å². The molecule has 0 bridgehead atoms. The molecule has 0 unspecified atom stereocenters. The van der Waals surface area contributed by atoms with Crippen molar-refractivity contribution in [3.63, 3.8) is 0 Å². The van der Waals surface area contributed by atoms with Crippen molar-refractivity contribution >= 4 is 28.8 Å². The summed E-state index contributed by atoms with van der Waals surface area (Å²) in [6.45, 7) is 0. The van der Waals surface area contributed by atoms with Gasteiger partial charge in [0.2, 0.25) is 0 Å². The first-order chi connectivity index (χ1) is 15.3. The minimum Gasteiger partial charge on any atom is -0.319 e. The SMILES string of the molecule is N#Cc1cc2nn([C@H]3CC[C@H](C=O)CC3)cc2cc1NC(=O)c1cccc(C(F)(F)F)n1. The zero-order chi connectivity index (χ0) is 22.9. The van der Waals surface area contributed by atoms with Crippen molar-refractivity contribution < 1.29 is 22.8 Å². The van der Waals surface area contributed by atoms with E-state index in [1.165, 1.54) is 12.1 Å². The van der Waals surface area contributed by atoms with E-state index in [0.29, 0.717) is 10.9 Å². The number of anilines is 1. The second kappa shape index (κ2) is 8.42. The van der Waals surface area contributed by atoms with Crippen molar-refractivity contribution in [2.75, 3.05) is 5.32 Å². The van der Waals surface area contributed by atoms with Gasteiger partial charge in [-0.3, -0.25) is 9.48 Å². The molecule has 7 nitrogen and oxygen atoms in total. The Balaban J connectivity index is 1.60. The number of benzene rings is 1. The molecule has 1 aromatic carbocycles. The Labute approximate surface area is 180 Å². The summed E-state index contributed by atoms with van der Waals surface area (Å²) in [6, 6.07) is 8.26. The third-order valence-electron chi connectivity index (χ3n) is 5.61. The van der Waals surface area contributed by atoms with E-state index >= 15 is 0 Å². The number of carbonyl (C=O) groups excluding carboxylic acids is 2. The molecule has 1 fully saturated rings. The third-order valence-corrected chi connectivity index (χ3v) is 5.61. The number of aldehydes is 1. The quantitative estimate of drug-likeness (QED) is 0.601. The lowest BCUT2D eigenvalue weighted by atomic mass is 9.87. The number of hydrogen-bond acceptors (Lipinski definition) is 5. The Morgan fingerprint density at radius 1 is 1.22 bits per heavy atom. The van der Waals surface area contributed by atoms with Gasteiger partial charge in [0.1, 0.15) is 23.7 Å². The molecular formula is C22H18F3N5O2. The van der Waals surface area contributed by atoms with Crippen molar-refractivity contribution in [3.8, 4) is 6.07 Å². The summed E-state index contributed by atoms with van der Waals surface area (Å²) in [7, 11) is 0. The van der Waals surface area contributed by atoms with E-state index in [4.69, 9.17) is 0 Å². The highest BCUT2D eigenvalue weighted by atomic mass is 19.4. The summed E-state index contributed by atoms with van der Waals surface area (Å²) < 4.78 is 40.5. The van der Waals surface area contributed by atoms with E-state index < -0.39 is 23.5 Å². The van der Waals surface area contributed by atoms with Crippen LogP contribution in [-0.4, -0.2) is 27.0 Å². The fraction of sp³-hybridized carbons (Fsp3) is 0.318. The summed E-state index contributed by atoms with van der Waals surface area (Å²) in [4.78, 5) is 26.8. The van der Waals surface area contributed by atoms with Crippen molar-refractivity contribution in [3.05, 3.63) is 53.5 Å². The lowest BCUT2D eigenvalue weighted by Crippen LogP contribution is -2.19. The predicted octanol–water partition coefficient (Wildman–Crippen LogP) is 4.50. The first-order valence-electron chi connectivity index (χ1n) is 10.0. The first-order valence-corrected chi connectivity index (χ1v) is 10.0. The van der Waals surface area contributed by atoms with E-state index in [0.717, 1.165) is 44.1 Å². The molecule has 10 heteroatoms. The number of hydrogen-bond donors (Lipinski definition) is 1. The van der Waals surface area contributed by atoms with Crippen molar-refractivity contribution in [2.24, 2.45) is 5.92 Å². The van der Waals surface area contributed by atoms with Crippen LogP contribution in [0.25, 0.3) is 10.9 Å². The van der Waals surface area contributed by atoms with Gasteiger partial charge < -0.3 is 10.1 Å². The lowest BCUT2D eigenvalue weighted by molar-refractivity contribution is -0.141. The number of carbonyl (C=O) groups is 2. The minimum atomic E-state index is -4.67. The zero-order valence-electron chi connectivity index (χ0n) is 16.8. The number of aromatic nitrogens is 3. The largest absolute Gasteiger partial charge is 0.433 e. The maximum atomic E-state index is 12.9. The monoisotopic (exact) mass is 441 g/mol. The highest BCUT2D eigenvalue weighted by Crippen LogP contribution is 2.33. The fourth-order valence-corrected chi connectivity index (χ4v) is 3.88. The van der Waals surface area contributed by atoms with E-state index in [1.54, 1.807) is 12.3 Å². The summed E-state index contributed by atoms with van der Waals surface area (Å²) in [6.07, 6.45) is 1.33. The fourth-order valence-electron chi connectivity index (χ4n) is 3.88. The van der Waals surface area contributed by atoms with Gasteiger partial charge in [0, 0.05) is 17.5 Å². The summed E-state index contributed by atoms with van der Waals surface area (Å²) >= 11 is 0. The second-order valence-corrected chi connectivity index (χ2v) is 7.74. The molecule has 4 rings (SSSR count). The highest BCUT2D eigenvalue weighted by molar-refractivity contribution is 6.04. The van der Waals surface area contributed by atoms with Crippen LogP contribution >= 0.6 is 0 Å². The summed E-state index contributed by atoms with van der Waals surface area (Å²) in [5.41, 5.74) is -0.728.